The summed E-state index contributed by atoms with van der Waals surface area (Å²) in [5, 5.41) is 0. The Balaban J connectivity index is 1.77. The predicted octanol–water partition coefficient (Wildman–Crippen LogP) is 2.63. The number of benzene rings is 1. The van der Waals surface area contributed by atoms with Crippen LogP contribution in [0.4, 0.5) is 5.82 Å². The number of hydrogen-bond acceptors (Lipinski definition) is 4. The summed E-state index contributed by atoms with van der Waals surface area (Å²) < 4.78 is 13.6. The molecule has 0 amide bonds. The number of anilines is 1. The van der Waals surface area contributed by atoms with Crippen LogP contribution in [0.15, 0.2) is 18.2 Å². The monoisotopic (exact) mass is 285 g/mol. The summed E-state index contributed by atoms with van der Waals surface area (Å²) in [5.74, 6) is 3.45. The van der Waals surface area contributed by atoms with E-state index in [-0.39, 0.29) is 0 Å². The molecule has 5 nitrogen and oxygen atoms in total. The van der Waals surface area contributed by atoms with Crippen molar-refractivity contribution in [2.24, 2.45) is 0 Å². The molecule has 1 aromatic carbocycles. The second kappa shape index (κ2) is 4.98. The summed E-state index contributed by atoms with van der Waals surface area (Å²) >= 11 is 0. The highest BCUT2D eigenvalue weighted by molar-refractivity contribution is 5.73. The summed E-state index contributed by atoms with van der Waals surface area (Å²) in [6, 6.07) is 5.96. The quantitative estimate of drug-likeness (QED) is 0.875. The zero-order chi connectivity index (χ0) is 14.2. The van der Waals surface area contributed by atoms with Crippen LogP contribution in [0.1, 0.15) is 25.1 Å². The van der Waals surface area contributed by atoms with Gasteiger partial charge in [0.1, 0.15) is 17.3 Å². The van der Waals surface area contributed by atoms with Gasteiger partial charge >= 0.3 is 0 Å². The fourth-order valence-electron chi connectivity index (χ4n) is 3.03. The molecule has 2 aliphatic rings. The maximum Gasteiger partial charge on any atom is 0.161 e. The van der Waals surface area contributed by atoms with Crippen LogP contribution in [0.3, 0.4) is 0 Å². The first-order chi connectivity index (χ1) is 10.3. The number of aryl methyl sites for hydroxylation is 1. The second-order valence-electron chi connectivity index (χ2n) is 5.58. The molecule has 0 saturated heterocycles. The van der Waals surface area contributed by atoms with Gasteiger partial charge in [-0.1, -0.05) is 0 Å². The molecule has 0 unspecified atom stereocenters. The number of nitrogen functional groups attached to an aromatic ring is 1. The molecule has 0 bridgehead atoms. The maximum absolute atomic E-state index is 6.29. The van der Waals surface area contributed by atoms with E-state index in [9.17, 15) is 0 Å². The average molecular weight is 285 g/mol. The minimum Gasteiger partial charge on any atom is -0.490 e. The number of fused-ring (bicyclic) bond motifs is 2. The topological polar surface area (TPSA) is 62.3 Å². The Hall–Kier alpha value is -2.17. The third-order valence-corrected chi connectivity index (χ3v) is 4.14. The highest BCUT2D eigenvalue weighted by Crippen LogP contribution is 2.36. The van der Waals surface area contributed by atoms with Crippen LogP contribution in [0.25, 0.3) is 11.3 Å². The highest BCUT2D eigenvalue weighted by atomic mass is 16.5. The highest BCUT2D eigenvalue weighted by Gasteiger charge is 2.20. The molecule has 2 aromatic rings. The smallest absolute Gasteiger partial charge is 0.161 e. The Labute approximate surface area is 123 Å². The largest absolute Gasteiger partial charge is 0.490 e. The van der Waals surface area contributed by atoms with E-state index in [0.29, 0.717) is 13.2 Å². The number of nitrogens with zero attached hydrogens (tertiary/aromatic N) is 2. The van der Waals surface area contributed by atoms with Crippen molar-refractivity contribution >= 4 is 5.82 Å². The van der Waals surface area contributed by atoms with Crippen molar-refractivity contribution < 1.29 is 9.47 Å². The number of imidazole rings is 1. The molecule has 5 heteroatoms. The first-order valence-corrected chi connectivity index (χ1v) is 7.58. The van der Waals surface area contributed by atoms with Crippen LogP contribution in [-0.2, 0) is 13.0 Å². The summed E-state index contributed by atoms with van der Waals surface area (Å²) in [7, 11) is 0. The summed E-state index contributed by atoms with van der Waals surface area (Å²) in [4.78, 5) is 4.73. The first-order valence-electron chi connectivity index (χ1n) is 7.58. The summed E-state index contributed by atoms with van der Waals surface area (Å²) in [5.41, 5.74) is 8.15. The first kappa shape index (κ1) is 12.6. The molecule has 3 heterocycles. The lowest BCUT2D eigenvalue weighted by atomic mass is 10.1. The minimum absolute atomic E-state index is 0.686. The van der Waals surface area contributed by atoms with Crippen molar-refractivity contribution in [2.45, 2.75) is 32.2 Å². The van der Waals surface area contributed by atoms with Crippen LogP contribution in [0.5, 0.6) is 11.5 Å². The molecule has 0 aliphatic carbocycles. The summed E-state index contributed by atoms with van der Waals surface area (Å²) in [6.45, 7) is 2.36. The van der Waals surface area contributed by atoms with Gasteiger partial charge in [-0.15, -0.1) is 0 Å². The van der Waals surface area contributed by atoms with Crippen LogP contribution < -0.4 is 15.2 Å². The fraction of sp³-hybridized carbons (Fsp3) is 0.438. The Kier molecular flexibility index (Phi) is 2.98. The maximum atomic E-state index is 6.29. The molecule has 0 spiro atoms. The van der Waals surface area contributed by atoms with E-state index in [2.05, 4.69) is 4.57 Å². The fourth-order valence-corrected chi connectivity index (χ4v) is 3.03. The third-order valence-electron chi connectivity index (χ3n) is 4.14. The molecule has 0 fully saturated rings. The Morgan fingerprint density at radius 2 is 1.90 bits per heavy atom. The van der Waals surface area contributed by atoms with E-state index < -0.39 is 0 Å². The van der Waals surface area contributed by atoms with Crippen molar-refractivity contribution in [3.05, 3.63) is 24.0 Å². The van der Waals surface area contributed by atoms with Gasteiger partial charge in [-0.25, -0.2) is 4.98 Å². The van der Waals surface area contributed by atoms with Gasteiger partial charge in [0.05, 0.1) is 13.2 Å². The van der Waals surface area contributed by atoms with E-state index in [1.807, 2.05) is 18.2 Å². The molecule has 2 N–H and O–H groups in total. The van der Waals surface area contributed by atoms with E-state index in [1.165, 1.54) is 12.8 Å². The van der Waals surface area contributed by atoms with Crippen LogP contribution in [0, 0.1) is 0 Å². The van der Waals surface area contributed by atoms with Crippen molar-refractivity contribution in [3.63, 3.8) is 0 Å². The SMILES string of the molecule is Nc1c(-c2ccc3c(c2)OCCCO3)nc2n1CCCC2. The van der Waals surface area contributed by atoms with Crippen molar-refractivity contribution in [2.75, 3.05) is 18.9 Å². The minimum atomic E-state index is 0.686. The Morgan fingerprint density at radius 3 is 2.76 bits per heavy atom. The average Bonchev–Trinajstić information content (AvgIpc) is 2.71. The normalized spacial score (nSPS) is 17.1. The Bertz CT molecular complexity index is 678. The third kappa shape index (κ3) is 2.13. The molecule has 110 valence electrons. The van der Waals surface area contributed by atoms with E-state index >= 15 is 0 Å². The van der Waals surface area contributed by atoms with Gasteiger partial charge in [0.15, 0.2) is 11.5 Å². The van der Waals surface area contributed by atoms with Crippen molar-refractivity contribution in [3.8, 4) is 22.8 Å². The number of hydrogen-bond donors (Lipinski definition) is 1. The second-order valence-corrected chi connectivity index (χ2v) is 5.58. The molecule has 0 atom stereocenters. The van der Waals surface area contributed by atoms with E-state index in [0.717, 1.165) is 53.8 Å². The lowest BCUT2D eigenvalue weighted by Crippen LogP contribution is -2.12. The van der Waals surface area contributed by atoms with E-state index in [1.54, 1.807) is 0 Å². The number of ether oxygens (including phenoxy) is 2. The van der Waals surface area contributed by atoms with Gasteiger partial charge in [-0.2, -0.15) is 0 Å². The lowest BCUT2D eigenvalue weighted by molar-refractivity contribution is 0.297. The molecule has 2 aliphatic heterocycles. The molecule has 0 saturated carbocycles. The van der Waals surface area contributed by atoms with Crippen molar-refractivity contribution in [1.82, 2.24) is 9.55 Å². The molecule has 4 rings (SSSR count). The van der Waals surface area contributed by atoms with Crippen LogP contribution in [-0.4, -0.2) is 22.8 Å². The predicted molar refractivity (Wildman–Crippen MR) is 80.6 cm³/mol. The number of rotatable bonds is 1. The molecule has 1 aromatic heterocycles. The molecular weight excluding hydrogens is 266 g/mol. The van der Waals surface area contributed by atoms with Gasteiger partial charge in [0.2, 0.25) is 0 Å². The number of aromatic nitrogens is 2. The summed E-state index contributed by atoms with van der Waals surface area (Å²) in [6.07, 6.45) is 4.28. The van der Waals surface area contributed by atoms with Gasteiger partial charge in [-0.3, -0.25) is 0 Å². The molecular formula is C16H19N3O2. The molecule has 0 radical (unpaired) electrons. The van der Waals surface area contributed by atoms with Crippen LogP contribution >= 0.6 is 0 Å². The zero-order valence-electron chi connectivity index (χ0n) is 12.0. The van der Waals surface area contributed by atoms with Crippen LogP contribution in [0.2, 0.25) is 0 Å². The van der Waals surface area contributed by atoms with Gasteiger partial charge in [0, 0.05) is 24.9 Å². The van der Waals surface area contributed by atoms with Gasteiger partial charge in [0.25, 0.3) is 0 Å². The lowest BCUT2D eigenvalue weighted by Gasteiger charge is -2.14. The standard InChI is InChI=1S/C16H19N3O2/c17-16-15(18-14-4-1-2-7-19(14)16)11-5-6-12-13(10-11)21-9-3-8-20-12/h5-6,10H,1-4,7-9,17H2. The zero-order valence-corrected chi connectivity index (χ0v) is 12.0. The van der Waals surface area contributed by atoms with Gasteiger partial charge in [-0.05, 0) is 31.0 Å². The number of nitrogens with two attached hydrogens (primary N) is 1. The molecule has 21 heavy (non-hydrogen) atoms. The van der Waals surface area contributed by atoms with Crippen molar-refractivity contribution in [1.29, 1.82) is 0 Å². The Morgan fingerprint density at radius 1 is 1.05 bits per heavy atom. The van der Waals surface area contributed by atoms with Gasteiger partial charge < -0.3 is 19.8 Å². The van der Waals surface area contributed by atoms with E-state index in [4.69, 9.17) is 20.2 Å².